The van der Waals surface area contributed by atoms with E-state index in [1.807, 2.05) is 69.3 Å². The molecular formula is C37H46N4O7S. The van der Waals surface area contributed by atoms with Crippen molar-refractivity contribution in [3.8, 4) is 16.9 Å². The maximum Gasteiger partial charge on any atom is 0.407 e. The number of unbranched alkanes of at least 4 members (excludes halogenated alkanes) is 1. The average molecular weight is 691 g/mol. The lowest BCUT2D eigenvalue weighted by atomic mass is 9.94. The number of amides is 1. The molecule has 11 nitrogen and oxygen atoms in total. The number of fused-ring (bicyclic) bond motifs is 4. The number of aliphatic carboxylic acids is 1. The highest BCUT2D eigenvalue weighted by Gasteiger charge is 2.37. The van der Waals surface area contributed by atoms with Crippen LogP contribution in [0.25, 0.3) is 11.1 Å². The molecule has 3 aromatic carbocycles. The Morgan fingerprint density at radius 2 is 1.61 bits per heavy atom. The van der Waals surface area contributed by atoms with Crippen LogP contribution in [0, 0.1) is 20.8 Å². The third-order valence-electron chi connectivity index (χ3n) is 9.32. The number of hydrogen-bond donors (Lipinski definition) is 3. The highest BCUT2D eigenvalue weighted by Crippen LogP contribution is 2.45. The summed E-state index contributed by atoms with van der Waals surface area (Å²) in [5.74, 6) is -0.376. The Kier molecular flexibility index (Phi) is 10.3. The van der Waals surface area contributed by atoms with Gasteiger partial charge < -0.3 is 30.1 Å². The zero-order valence-electron chi connectivity index (χ0n) is 29.2. The number of hydrogen-bond acceptors (Lipinski definition) is 6. The van der Waals surface area contributed by atoms with Crippen LogP contribution in [-0.2, 0) is 26.0 Å². The minimum Gasteiger partial charge on any atom is -0.487 e. The number of benzene rings is 3. The molecule has 1 amide bonds. The van der Waals surface area contributed by atoms with E-state index in [4.69, 9.17) is 9.47 Å². The van der Waals surface area contributed by atoms with Gasteiger partial charge in [0.25, 0.3) is 10.0 Å². The van der Waals surface area contributed by atoms with Gasteiger partial charge >= 0.3 is 12.1 Å². The van der Waals surface area contributed by atoms with Gasteiger partial charge in [-0.2, -0.15) is 8.42 Å². The van der Waals surface area contributed by atoms with Gasteiger partial charge in [-0.15, -0.1) is 4.40 Å². The molecule has 0 bridgehead atoms. The first-order valence-electron chi connectivity index (χ1n) is 16.5. The van der Waals surface area contributed by atoms with Gasteiger partial charge in [-0.3, -0.25) is 0 Å². The molecular weight excluding hydrogens is 644 g/mol. The molecule has 1 aliphatic carbocycles. The van der Waals surface area contributed by atoms with Crippen molar-refractivity contribution in [2.75, 3.05) is 27.2 Å². The van der Waals surface area contributed by atoms with Crippen LogP contribution in [0.4, 0.5) is 4.79 Å². The van der Waals surface area contributed by atoms with E-state index in [0.717, 1.165) is 39.1 Å². The number of alkyl carbamates (subject to hydrolysis) is 1. The summed E-state index contributed by atoms with van der Waals surface area (Å²) in [6.07, 6.45) is 0.930. The Labute approximate surface area is 288 Å². The minimum absolute atomic E-state index is 0.0848. The molecule has 2 aliphatic rings. The summed E-state index contributed by atoms with van der Waals surface area (Å²) in [6.45, 7) is 9.84. The number of guanidine groups is 1. The first-order valence-corrected chi connectivity index (χ1v) is 18.0. The zero-order chi connectivity index (χ0) is 35.7. The molecule has 0 unspecified atom stereocenters. The van der Waals surface area contributed by atoms with Gasteiger partial charge in [0.2, 0.25) is 5.96 Å². The van der Waals surface area contributed by atoms with E-state index in [9.17, 15) is 23.1 Å². The van der Waals surface area contributed by atoms with Gasteiger partial charge in [-0.25, -0.2) is 9.59 Å². The predicted molar refractivity (Wildman–Crippen MR) is 189 cm³/mol. The lowest BCUT2D eigenvalue weighted by molar-refractivity contribution is -0.139. The van der Waals surface area contributed by atoms with Gasteiger partial charge in [0.15, 0.2) is 0 Å². The quantitative estimate of drug-likeness (QED) is 0.131. The summed E-state index contributed by atoms with van der Waals surface area (Å²) in [5.41, 5.74) is 6.86. The van der Waals surface area contributed by atoms with Crippen LogP contribution >= 0.6 is 0 Å². The molecule has 0 saturated carbocycles. The highest BCUT2D eigenvalue weighted by atomic mass is 32.2. The number of carboxylic acid groups (broad SMARTS) is 1. The third-order valence-corrected chi connectivity index (χ3v) is 10.9. The number of sulfonamides is 1. The van der Waals surface area contributed by atoms with E-state index < -0.39 is 33.7 Å². The molecule has 12 heteroatoms. The molecule has 3 N–H and O–H groups in total. The van der Waals surface area contributed by atoms with Crippen LogP contribution in [0.2, 0.25) is 0 Å². The van der Waals surface area contributed by atoms with Crippen LogP contribution < -0.4 is 15.4 Å². The number of rotatable bonds is 11. The number of nitrogens with one attached hydrogen (secondary N) is 2. The maximum absolute atomic E-state index is 13.7. The van der Waals surface area contributed by atoms with E-state index in [-0.39, 0.29) is 29.8 Å². The van der Waals surface area contributed by atoms with Gasteiger partial charge in [0.05, 0.1) is 4.90 Å². The Bertz CT molecular complexity index is 1860. The van der Waals surface area contributed by atoms with Crippen LogP contribution in [0.3, 0.4) is 0 Å². The Balaban J connectivity index is 1.16. The molecule has 1 atom stereocenters. The molecule has 1 aliphatic heterocycles. The van der Waals surface area contributed by atoms with Crippen molar-refractivity contribution in [2.24, 2.45) is 4.40 Å². The second-order valence-electron chi connectivity index (χ2n) is 13.6. The fraction of sp³-hybridized carbons (Fsp3) is 0.432. The SMILES string of the molecule is Cc1c(C)c(S(=O)(=O)/N=C(/NCCCC[C@@H](NC(=O)OCC2c3ccccc3-c3ccccc32)C(=O)O)N(C)C)c(C)c2c1OC(C)(C)C2. The molecule has 0 saturated heterocycles. The monoisotopic (exact) mass is 690 g/mol. The summed E-state index contributed by atoms with van der Waals surface area (Å²) >= 11 is 0. The minimum atomic E-state index is -4.08. The van der Waals surface area contributed by atoms with Crippen molar-refractivity contribution in [2.45, 2.75) is 82.8 Å². The van der Waals surface area contributed by atoms with E-state index >= 15 is 0 Å². The fourth-order valence-corrected chi connectivity index (χ4v) is 8.37. The van der Waals surface area contributed by atoms with Crippen molar-refractivity contribution in [3.63, 3.8) is 0 Å². The number of carbonyl (C=O) groups excluding carboxylic acids is 1. The van der Waals surface area contributed by atoms with Crippen molar-refractivity contribution in [1.29, 1.82) is 0 Å². The molecule has 3 aromatic rings. The molecule has 0 spiro atoms. The molecule has 49 heavy (non-hydrogen) atoms. The molecule has 1 heterocycles. The fourth-order valence-electron chi connectivity index (χ4n) is 6.78. The number of nitrogens with zero attached hydrogens (tertiary/aromatic N) is 2. The van der Waals surface area contributed by atoms with Crippen molar-refractivity contribution in [1.82, 2.24) is 15.5 Å². The smallest absolute Gasteiger partial charge is 0.407 e. The topological polar surface area (TPSA) is 147 Å². The standard InChI is InChI=1S/C37H46N4O7S/c1-22-23(2)33(24(3)29-20-37(4,5)48-32(22)29)49(45,46)40-35(41(6)7)38-19-13-12-18-31(34(42)43)39-36(44)47-21-30-27-16-10-8-14-25(27)26-15-9-11-17-28(26)30/h8-11,14-17,30-31H,12-13,18-21H2,1-7H3,(H,38,40)(H,39,44)(H,42,43)/t31-/m1/s1. The molecule has 5 rings (SSSR count). The Morgan fingerprint density at radius 1 is 1.00 bits per heavy atom. The largest absolute Gasteiger partial charge is 0.487 e. The number of carboxylic acids is 1. The maximum atomic E-state index is 13.7. The van der Waals surface area contributed by atoms with Crippen LogP contribution in [-0.4, -0.2) is 75.3 Å². The third kappa shape index (κ3) is 7.54. The normalized spacial score (nSPS) is 15.4. The molecule has 0 radical (unpaired) electrons. The Hall–Kier alpha value is -4.58. The van der Waals surface area contributed by atoms with Crippen molar-refractivity contribution in [3.05, 3.63) is 81.9 Å². The summed E-state index contributed by atoms with van der Waals surface area (Å²) < 4.78 is 43.3. The number of carbonyl (C=O) groups is 2. The average Bonchev–Trinajstić information content (AvgIpc) is 3.55. The molecule has 262 valence electrons. The van der Waals surface area contributed by atoms with Gasteiger partial charge in [0, 0.05) is 38.5 Å². The lowest BCUT2D eigenvalue weighted by Gasteiger charge is -2.20. The second-order valence-corrected chi connectivity index (χ2v) is 15.2. The lowest BCUT2D eigenvalue weighted by Crippen LogP contribution is -2.41. The van der Waals surface area contributed by atoms with Crippen LogP contribution in [0.15, 0.2) is 57.8 Å². The first kappa shape index (κ1) is 35.7. The summed E-state index contributed by atoms with van der Waals surface area (Å²) in [6, 6.07) is 14.8. The van der Waals surface area contributed by atoms with E-state index in [1.54, 1.807) is 32.8 Å². The van der Waals surface area contributed by atoms with Gasteiger partial charge in [-0.05, 0) is 92.8 Å². The molecule has 0 aromatic heterocycles. The first-order chi connectivity index (χ1) is 23.1. The summed E-state index contributed by atoms with van der Waals surface area (Å²) in [7, 11) is -0.687. The zero-order valence-corrected chi connectivity index (χ0v) is 30.0. The summed E-state index contributed by atoms with van der Waals surface area (Å²) in [4.78, 5) is 26.5. The van der Waals surface area contributed by atoms with E-state index in [2.05, 4.69) is 15.0 Å². The van der Waals surface area contributed by atoms with Gasteiger partial charge in [0.1, 0.15) is 24.0 Å². The van der Waals surface area contributed by atoms with Crippen molar-refractivity contribution < 1.29 is 32.6 Å². The number of ether oxygens (including phenoxy) is 2. The molecule has 0 fully saturated rings. The van der Waals surface area contributed by atoms with Crippen molar-refractivity contribution >= 4 is 28.0 Å². The second kappa shape index (κ2) is 14.1. The van der Waals surface area contributed by atoms with E-state index in [1.165, 1.54) is 0 Å². The van der Waals surface area contributed by atoms with Crippen LogP contribution in [0.1, 0.15) is 72.4 Å². The van der Waals surface area contributed by atoms with Crippen LogP contribution in [0.5, 0.6) is 5.75 Å². The summed E-state index contributed by atoms with van der Waals surface area (Å²) in [5, 5.41) is 15.4. The predicted octanol–water partition coefficient (Wildman–Crippen LogP) is 5.68. The van der Waals surface area contributed by atoms with E-state index in [0.29, 0.717) is 36.9 Å². The Morgan fingerprint density at radius 3 is 2.20 bits per heavy atom. The highest BCUT2D eigenvalue weighted by molar-refractivity contribution is 7.90. The van der Waals surface area contributed by atoms with Gasteiger partial charge in [-0.1, -0.05) is 48.5 Å².